The van der Waals surface area contributed by atoms with E-state index in [1.165, 1.54) is 31.3 Å². The lowest BCUT2D eigenvalue weighted by atomic mass is 10.0. The van der Waals surface area contributed by atoms with E-state index < -0.39 is 0 Å². The van der Waals surface area contributed by atoms with Gasteiger partial charge in [0.25, 0.3) is 0 Å². The second-order valence-electron chi connectivity index (χ2n) is 5.79. The number of hydrogen-bond acceptors (Lipinski definition) is 1. The Morgan fingerprint density at radius 1 is 1.25 bits per heavy atom. The molecule has 3 heteroatoms. The Hall–Kier alpha value is -1.77. The van der Waals surface area contributed by atoms with Crippen molar-refractivity contribution in [2.45, 2.75) is 46.5 Å². The van der Waals surface area contributed by atoms with E-state index in [9.17, 15) is 4.79 Å². The number of carbonyl (C=O) groups excluding carboxylic acids is 1. The zero-order valence-electron chi connectivity index (χ0n) is 12.6. The van der Waals surface area contributed by atoms with Gasteiger partial charge in [-0.15, -0.1) is 0 Å². The van der Waals surface area contributed by atoms with Crippen molar-refractivity contribution < 1.29 is 4.79 Å². The molecule has 0 aliphatic heterocycles. The minimum Gasteiger partial charge on any atom is -0.314 e. The van der Waals surface area contributed by atoms with Crippen molar-refractivity contribution in [3.63, 3.8) is 0 Å². The predicted molar refractivity (Wildman–Crippen MR) is 83.8 cm³/mol. The maximum absolute atomic E-state index is 11.9. The van der Waals surface area contributed by atoms with Crippen LogP contribution in [0.2, 0.25) is 0 Å². The van der Waals surface area contributed by atoms with Crippen LogP contribution in [0.15, 0.2) is 30.0 Å². The topological polar surface area (TPSA) is 41.1 Å². The molecule has 108 valence electrons. The minimum atomic E-state index is -0.170. The first-order valence-corrected chi connectivity index (χ1v) is 7.37. The first-order chi connectivity index (χ1) is 9.56. The lowest BCUT2D eigenvalue weighted by Crippen LogP contribution is -2.25. The monoisotopic (exact) mass is 272 g/mol. The molecule has 2 amide bonds. The van der Waals surface area contributed by atoms with E-state index in [-0.39, 0.29) is 6.03 Å². The molecular formula is C17H24N2O. The van der Waals surface area contributed by atoms with Crippen molar-refractivity contribution in [1.29, 1.82) is 0 Å². The molecule has 20 heavy (non-hydrogen) atoms. The largest absolute Gasteiger partial charge is 0.323 e. The quantitative estimate of drug-likeness (QED) is 0.834. The number of amides is 2. The van der Waals surface area contributed by atoms with Gasteiger partial charge in [-0.25, -0.2) is 4.79 Å². The van der Waals surface area contributed by atoms with Crippen LogP contribution >= 0.6 is 0 Å². The van der Waals surface area contributed by atoms with E-state index in [1.807, 2.05) is 38.2 Å². The normalized spacial score (nSPS) is 16.2. The molecule has 3 nitrogen and oxygen atoms in total. The second-order valence-corrected chi connectivity index (χ2v) is 5.79. The third-order valence-electron chi connectivity index (χ3n) is 4.07. The summed E-state index contributed by atoms with van der Waals surface area (Å²) in [5.41, 5.74) is 4.36. The molecule has 1 aromatic carbocycles. The van der Waals surface area contributed by atoms with Gasteiger partial charge in [0.1, 0.15) is 0 Å². The number of benzene rings is 1. The van der Waals surface area contributed by atoms with Crippen LogP contribution in [0.3, 0.4) is 0 Å². The van der Waals surface area contributed by atoms with Gasteiger partial charge in [0, 0.05) is 11.9 Å². The molecule has 2 rings (SSSR count). The van der Waals surface area contributed by atoms with Gasteiger partial charge in [-0.1, -0.05) is 30.5 Å². The molecular weight excluding hydrogens is 248 g/mol. The molecule has 0 spiro atoms. The van der Waals surface area contributed by atoms with Crippen LogP contribution in [-0.2, 0) is 0 Å². The van der Waals surface area contributed by atoms with E-state index >= 15 is 0 Å². The average molecular weight is 272 g/mol. The smallest absolute Gasteiger partial charge is 0.314 e. The van der Waals surface area contributed by atoms with Crippen molar-refractivity contribution in [2.75, 3.05) is 5.32 Å². The standard InChI is InChI=1S/C17H24N2O/c1-12-8-9-13(2)16(10-12)19-17(20)18-11-14(3)15-6-4-5-7-15/h8-11,15H,4-7H2,1-3H3,(H2,18,19,20)/b14-11+. The first kappa shape index (κ1) is 14.6. The van der Waals surface area contributed by atoms with Crippen LogP contribution in [-0.4, -0.2) is 6.03 Å². The summed E-state index contributed by atoms with van der Waals surface area (Å²) < 4.78 is 0. The molecule has 0 heterocycles. The predicted octanol–water partition coefficient (Wildman–Crippen LogP) is 4.52. The van der Waals surface area contributed by atoms with Crippen molar-refractivity contribution in [3.05, 3.63) is 41.1 Å². The molecule has 2 N–H and O–H groups in total. The van der Waals surface area contributed by atoms with Crippen LogP contribution in [0, 0.1) is 19.8 Å². The van der Waals surface area contributed by atoms with Crippen molar-refractivity contribution in [3.8, 4) is 0 Å². The third-order valence-corrected chi connectivity index (χ3v) is 4.07. The summed E-state index contributed by atoms with van der Waals surface area (Å²) in [5, 5.41) is 5.74. The highest BCUT2D eigenvalue weighted by Gasteiger charge is 2.16. The zero-order valence-corrected chi connectivity index (χ0v) is 12.6. The molecule has 1 aromatic rings. The summed E-state index contributed by atoms with van der Waals surface area (Å²) in [4.78, 5) is 11.9. The van der Waals surface area contributed by atoms with Gasteiger partial charge >= 0.3 is 6.03 Å². The Kier molecular flexibility index (Phi) is 4.83. The molecule has 0 atom stereocenters. The minimum absolute atomic E-state index is 0.170. The summed E-state index contributed by atoms with van der Waals surface area (Å²) in [6.07, 6.45) is 6.98. The highest BCUT2D eigenvalue weighted by atomic mass is 16.2. The van der Waals surface area contributed by atoms with Gasteiger partial charge in [0.05, 0.1) is 0 Å². The molecule has 0 unspecified atom stereocenters. The van der Waals surface area contributed by atoms with Crippen molar-refractivity contribution in [1.82, 2.24) is 5.32 Å². The van der Waals surface area contributed by atoms with E-state index in [0.29, 0.717) is 5.92 Å². The molecule has 1 fully saturated rings. The Bertz CT molecular complexity index is 514. The molecule has 1 aliphatic carbocycles. The first-order valence-electron chi connectivity index (χ1n) is 7.37. The Morgan fingerprint density at radius 3 is 2.65 bits per heavy atom. The van der Waals surface area contributed by atoms with Crippen molar-refractivity contribution >= 4 is 11.7 Å². The Labute approximate surface area is 121 Å². The van der Waals surface area contributed by atoms with Gasteiger partial charge in [0.15, 0.2) is 0 Å². The van der Waals surface area contributed by atoms with Crippen LogP contribution < -0.4 is 10.6 Å². The summed E-state index contributed by atoms with van der Waals surface area (Å²) in [5.74, 6) is 0.649. The number of hydrogen-bond donors (Lipinski definition) is 2. The van der Waals surface area contributed by atoms with E-state index in [1.54, 1.807) is 0 Å². The van der Waals surface area contributed by atoms with Crippen LogP contribution in [0.1, 0.15) is 43.7 Å². The summed E-state index contributed by atoms with van der Waals surface area (Å²) >= 11 is 0. The molecule has 0 radical (unpaired) electrons. The lowest BCUT2D eigenvalue weighted by Gasteiger charge is -2.12. The Balaban J connectivity index is 1.92. The van der Waals surface area contributed by atoms with Gasteiger partial charge in [-0.2, -0.15) is 0 Å². The van der Waals surface area contributed by atoms with E-state index in [4.69, 9.17) is 0 Å². The van der Waals surface area contributed by atoms with Gasteiger partial charge < -0.3 is 10.6 Å². The molecule has 1 aliphatic rings. The number of urea groups is 1. The highest BCUT2D eigenvalue weighted by molar-refractivity contribution is 5.90. The fourth-order valence-corrected chi connectivity index (χ4v) is 2.71. The van der Waals surface area contributed by atoms with E-state index in [2.05, 4.69) is 17.6 Å². The van der Waals surface area contributed by atoms with Crippen LogP contribution in [0.25, 0.3) is 0 Å². The molecule has 1 saturated carbocycles. The number of allylic oxidation sites excluding steroid dienone is 1. The summed E-state index contributed by atoms with van der Waals surface area (Å²) in [6, 6.07) is 5.88. The Morgan fingerprint density at radius 2 is 1.95 bits per heavy atom. The second kappa shape index (κ2) is 6.60. The fourth-order valence-electron chi connectivity index (χ4n) is 2.71. The van der Waals surface area contributed by atoms with Gasteiger partial charge in [-0.05, 0) is 56.7 Å². The number of rotatable bonds is 3. The summed E-state index contributed by atoms with van der Waals surface area (Å²) in [7, 11) is 0. The number of nitrogens with one attached hydrogen (secondary N) is 2. The highest BCUT2D eigenvalue weighted by Crippen LogP contribution is 2.30. The fraction of sp³-hybridized carbons (Fsp3) is 0.471. The average Bonchev–Trinajstić information content (AvgIpc) is 2.94. The SMILES string of the molecule is C/C(=C\NC(=O)Nc1cc(C)ccc1C)C1CCCC1. The zero-order chi connectivity index (χ0) is 14.5. The number of carbonyl (C=O) groups is 1. The molecule has 0 bridgehead atoms. The molecule has 0 saturated heterocycles. The van der Waals surface area contributed by atoms with E-state index in [0.717, 1.165) is 16.8 Å². The summed E-state index contributed by atoms with van der Waals surface area (Å²) in [6.45, 7) is 6.12. The van der Waals surface area contributed by atoms with Crippen LogP contribution in [0.5, 0.6) is 0 Å². The number of anilines is 1. The van der Waals surface area contributed by atoms with Crippen molar-refractivity contribution in [2.24, 2.45) is 5.92 Å². The van der Waals surface area contributed by atoms with Crippen LogP contribution in [0.4, 0.5) is 10.5 Å². The van der Waals surface area contributed by atoms with Gasteiger partial charge in [0.2, 0.25) is 0 Å². The number of aryl methyl sites for hydroxylation is 2. The lowest BCUT2D eigenvalue weighted by molar-refractivity contribution is 0.255. The maximum Gasteiger partial charge on any atom is 0.323 e. The third kappa shape index (κ3) is 3.86. The maximum atomic E-state index is 11.9. The molecule has 0 aromatic heterocycles. The van der Waals surface area contributed by atoms with Gasteiger partial charge in [-0.3, -0.25) is 0 Å².